The maximum Gasteiger partial charge on any atom is 0.314 e. The molecular weight excluding hydrogens is 232 g/mol. The van der Waals surface area contributed by atoms with Gasteiger partial charge in [0.1, 0.15) is 0 Å². The first-order valence-electron chi connectivity index (χ1n) is 6.57. The Bertz CT molecular complexity index is 242. The zero-order chi connectivity index (χ0) is 14.2. The van der Waals surface area contributed by atoms with E-state index in [0.29, 0.717) is 25.9 Å². The van der Waals surface area contributed by atoms with Gasteiger partial charge in [0.25, 0.3) is 0 Å². The van der Waals surface area contributed by atoms with Crippen LogP contribution < -0.4 is 10.6 Å². The fraction of sp³-hybridized carbons (Fsp3) is 0.923. The van der Waals surface area contributed by atoms with Crippen LogP contribution in [0.15, 0.2) is 0 Å². The smallest absolute Gasteiger partial charge is 0.314 e. The molecule has 0 aliphatic carbocycles. The van der Waals surface area contributed by atoms with E-state index in [1.807, 2.05) is 20.8 Å². The first-order chi connectivity index (χ1) is 8.26. The Morgan fingerprint density at radius 1 is 1.28 bits per heavy atom. The zero-order valence-corrected chi connectivity index (χ0v) is 12.0. The third-order valence-corrected chi connectivity index (χ3v) is 2.81. The summed E-state index contributed by atoms with van der Waals surface area (Å²) in [5.41, 5.74) is -0.123. The molecule has 108 valence electrons. The minimum atomic E-state index is -0.366. The van der Waals surface area contributed by atoms with Crippen molar-refractivity contribution in [1.29, 1.82) is 0 Å². The third-order valence-electron chi connectivity index (χ3n) is 2.81. The van der Waals surface area contributed by atoms with Crippen molar-refractivity contribution in [3.05, 3.63) is 0 Å². The molecule has 0 rings (SSSR count). The van der Waals surface area contributed by atoms with Gasteiger partial charge in [0.05, 0.1) is 6.10 Å². The van der Waals surface area contributed by atoms with E-state index < -0.39 is 0 Å². The standard InChI is InChI=1S/C13H28N2O3/c1-10(5-6-16)8-14-12(18)15-9-13(3,4)7-11(2)17/h10-11,16-17H,5-9H2,1-4H3,(H2,14,15,18). The van der Waals surface area contributed by atoms with Crippen LogP contribution in [-0.4, -0.2) is 42.0 Å². The average Bonchev–Trinajstić information content (AvgIpc) is 2.22. The van der Waals surface area contributed by atoms with Gasteiger partial charge in [-0.25, -0.2) is 4.79 Å². The number of nitrogens with one attached hydrogen (secondary N) is 2. The summed E-state index contributed by atoms with van der Waals surface area (Å²) < 4.78 is 0. The van der Waals surface area contributed by atoms with Crippen molar-refractivity contribution in [2.24, 2.45) is 11.3 Å². The summed E-state index contributed by atoms with van der Waals surface area (Å²) in [7, 11) is 0. The van der Waals surface area contributed by atoms with Crippen molar-refractivity contribution in [3.8, 4) is 0 Å². The van der Waals surface area contributed by atoms with Crippen molar-refractivity contribution in [2.75, 3.05) is 19.7 Å². The van der Waals surface area contributed by atoms with E-state index in [1.165, 1.54) is 0 Å². The average molecular weight is 260 g/mol. The highest BCUT2D eigenvalue weighted by Gasteiger charge is 2.21. The number of urea groups is 1. The minimum Gasteiger partial charge on any atom is -0.396 e. The Hall–Kier alpha value is -0.810. The minimum absolute atomic E-state index is 0.123. The van der Waals surface area contributed by atoms with Crippen molar-refractivity contribution in [3.63, 3.8) is 0 Å². The van der Waals surface area contributed by atoms with Gasteiger partial charge < -0.3 is 20.8 Å². The van der Waals surface area contributed by atoms with Crippen molar-refractivity contribution >= 4 is 6.03 Å². The Morgan fingerprint density at radius 2 is 1.89 bits per heavy atom. The van der Waals surface area contributed by atoms with E-state index in [1.54, 1.807) is 6.92 Å². The number of carbonyl (C=O) groups excluding carboxylic acids is 1. The van der Waals surface area contributed by atoms with Crippen LogP contribution in [-0.2, 0) is 0 Å². The van der Waals surface area contributed by atoms with Gasteiger partial charge in [-0.3, -0.25) is 0 Å². The number of aliphatic hydroxyl groups excluding tert-OH is 2. The molecule has 5 heteroatoms. The molecule has 0 radical (unpaired) electrons. The molecule has 0 aromatic rings. The van der Waals surface area contributed by atoms with Gasteiger partial charge in [-0.15, -0.1) is 0 Å². The fourth-order valence-electron chi connectivity index (χ4n) is 1.84. The molecule has 0 saturated carbocycles. The maximum absolute atomic E-state index is 11.5. The number of aliphatic hydroxyl groups is 2. The summed E-state index contributed by atoms with van der Waals surface area (Å²) in [4.78, 5) is 11.5. The Balaban J connectivity index is 3.82. The van der Waals surface area contributed by atoms with Gasteiger partial charge in [-0.2, -0.15) is 0 Å². The third kappa shape index (κ3) is 9.24. The molecule has 0 bridgehead atoms. The predicted molar refractivity (Wildman–Crippen MR) is 72.3 cm³/mol. The largest absolute Gasteiger partial charge is 0.396 e. The van der Waals surface area contributed by atoms with Crippen LogP contribution in [0.4, 0.5) is 4.79 Å². The van der Waals surface area contributed by atoms with E-state index in [4.69, 9.17) is 5.11 Å². The van der Waals surface area contributed by atoms with Gasteiger partial charge in [-0.05, 0) is 31.1 Å². The van der Waals surface area contributed by atoms with Crippen LogP contribution in [0.3, 0.4) is 0 Å². The SMILES string of the molecule is CC(O)CC(C)(C)CNC(=O)NCC(C)CCO. The van der Waals surface area contributed by atoms with Gasteiger partial charge >= 0.3 is 6.03 Å². The molecule has 0 spiro atoms. The summed E-state index contributed by atoms with van der Waals surface area (Å²) in [6.45, 7) is 8.97. The molecule has 2 unspecified atom stereocenters. The van der Waals surface area contributed by atoms with Gasteiger partial charge in [0.2, 0.25) is 0 Å². The molecular formula is C13H28N2O3. The number of carbonyl (C=O) groups is 1. The molecule has 0 aliphatic heterocycles. The van der Waals surface area contributed by atoms with Gasteiger partial charge in [0.15, 0.2) is 0 Å². The molecule has 0 aromatic carbocycles. The summed E-state index contributed by atoms with van der Waals surface area (Å²) in [5, 5.41) is 23.7. The first-order valence-corrected chi connectivity index (χ1v) is 6.57. The van der Waals surface area contributed by atoms with Crippen LogP contribution in [0.25, 0.3) is 0 Å². The van der Waals surface area contributed by atoms with Gasteiger partial charge in [0, 0.05) is 19.7 Å². The van der Waals surface area contributed by atoms with Crippen LogP contribution >= 0.6 is 0 Å². The highest BCUT2D eigenvalue weighted by molar-refractivity contribution is 5.73. The molecule has 0 saturated heterocycles. The highest BCUT2D eigenvalue weighted by Crippen LogP contribution is 2.20. The molecule has 4 N–H and O–H groups in total. The summed E-state index contributed by atoms with van der Waals surface area (Å²) in [5.74, 6) is 0.270. The van der Waals surface area contributed by atoms with Crippen molar-refractivity contribution in [1.82, 2.24) is 10.6 Å². The van der Waals surface area contributed by atoms with Crippen LogP contribution in [0, 0.1) is 11.3 Å². The Kier molecular flexibility index (Phi) is 7.95. The monoisotopic (exact) mass is 260 g/mol. The lowest BCUT2D eigenvalue weighted by molar-refractivity contribution is 0.128. The van der Waals surface area contributed by atoms with E-state index in [9.17, 15) is 9.90 Å². The van der Waals surface area contributed by atoms with E-state index >= 15 is 0 Å². The Labute approximate surface area is 110 Å². The second-order valence-corrected chi connectivity index (χ2v) is 5.90. The van der Waals surface area contributed by atoms with Crippen molar-refractivity contribution in [2.45, 2.75) is 46.6 Å². The quantitative estimate of drug-likeness (QED) is 0.527. The topological polar surface area (TPSA) is 81.6 Å². The predicted octanol–water partition coefficient (Wildman–Crippen LogP) is 1.10. The molecule has 0 aromatic heterocycles. The second-order valence-electron chi connectivity index (χ2n) is 5.90. The first kappa shape index (κ1) is 17.2. The van der Waals surface area contributed by atoms with Gasteiger partial charge in [-0.1, -0.05) is 20.8 Å². The van der Waals surface area contributed by atoms with Crippen LogP contribution in [0.2, 0.25) is 0 Å². The summed E-state index contributed by atoms with van der Waals surface area (Å²) in [6.07, 6.45) is 0.969. The molecule has 0 heterocycles. The fourth-order valence-corrected chi connectivity index (χ4v) is 1.84. The molecule has 2 atom stereocenters. The van der Waals surface area contributed by atoms with Crippen LogP contribution in [0.5, 0.6) is 0 Å². The van der Waals surface area contributed by atoms with E-state index in [0.717, 1.165) is 0 Å². The number of hydrogen-bond donors (Lipinski definition) is 4. The number of amides is 2. The lowest BCUT2D eigenvalue weighted by atomic mass is 9.87. The zero-order valence-electron chi connectivity index (χ0n) is 12.0. The Morgan fingerprint density at radius 3 is 2.39 bits per heavy atom. The second kappa shape index (κ2) is 8.32. The number of rotatable bonds is 8. The molecule has 0 aliphatic rings. The molecule has 0 fully saturated rings. The van der Waals surface area contributed by atoms with E-state index in [-0.39, 0.29) is 30.1 Å². The maximum atomic E-state index is 11.5. The molecule has 2 amide bonds. The normalized spacial score (nSPS) is 15.0. The summed E-state index contributed by atoms with van der Waals surface area (Å²) >= 11 is 0. The lowest BCUT2D eigenvalue weighted by Crippen LogP contribution is -2.42. The van der Waals surface area contributed by atoms with Crippen molar-refractivity contribution < 1.29 is 15.0 Å². The lowest BCUT2D eigenvalue weighted by Gasteiger charge is -2.26. The molecule has 18 heavy (non-hydrogen) atoms. The van der Waals surface area contributed by atoms with Crippen LogP contribution in [0.1, 0.15) is 40.5 Å². The van der Waals surface area contributed by atoms with E-state index in [2.05, 4.69) is 10.6 Å². The highest BCUT2D eigenvalue weighted by atomic mass is 16.3. The number of hydrogen-bond acceptors (Lipinski definition) is 3. The molecule has 5 nitrogen and oxygen atoms in total. The summed E-state index contributed by atoms with van der Waals surface area (Å²) in [6, 6.07) is -0.196.